The lowest BCUT2D eigenvalue weighted by molar-refractivity contribution is -0.141. The minimum Gasteiger partial charge on any atom is -0.464 e. The second-order valence-corrected chi connectivity index (χ2v) is 4.24. The summed E-state index contributed by atoms with van der Waals surface area (Å²) in [7, 11) is 0. The Morgan fingerprint density at radius 1 is 1.53 bits per heavy atom. The van der Waals surface area contributed by atoms with Crippen LogP contribution in [-0.4, -0.2) is 24.5 Å². The van der Waals surface area contributed by atoms with Crippen LogP contribution in [0.2, 0.25) is 0 Å². The van der Waals surface area contributed by atoms with Crippen LogP contribution in [-0.2, 0) is 20.7 Å². The monoisotopic (exact) mass is 233 g/mol. The van der Waals surface area contributed by atoms with Gasteiger partial charge in [0.05, 0.1) is 13.0 Å². The average molecular weight is 233 g/mol. The summed E-state index contributed by atoms with van der Waals surface area (Å²) in [5.41, 5.74) is 2.07. The standard InChI is InChI=1S/C13H15NO3/c1-9-3-2-4-10(7-9)8-12(15)14-11-5-6-17-13(11)16/h2-4,7,11H,5-6,8H2,1H3,(H,14,15)/t11-/m0/s1. The van der Waals surface area contributed by atoms with Crippen LogP contribution in [0.15, 0.2) is 24.3 Å². The van der Waals surface area contributed by atoms with Crippen molar-refractivity contribution in [1.29, 1.82) is 0 Å². The van der Waals surface area contributed by atoms with E-state index in [2.05, 4.69) is 5.32 Å². The van der Waals surface area contributed by atoms with E-state index < -0.39 is 6.04 Å². The van der Waals surface area contributed by atoms with E-state index in [0.29, 0.717) is 19.4 Å². The van der Waals surface area contributed by atoms with Gasteiger partial charge in [-0.1, -0.05) is 29.8 Å². The summed E-state index contributed by atoms with van der Waals surface area (Å²) in [6.45, 7) is 2.38. The summed E-state index contributed by atoms with van der Waals surface area (Å²) in [4.78, 5) is 22.9. The molecule has 0 aliphatic carbocycles. The smallest absolute Gasteiger partial charge is 0.328 e. The Hall–Kier alpha value is -1.84. The zero-order chi connectivity index (χ0) is 12.3. The number of nitrogens with one attached hydrogen (secondary N) is 1. The highest BCUT2D eigenvalue weighted by molar-refractivity contribution is 5.86. The van der Waals surface area contributed by atoms with Gasteiger partial charge >= 0.3 is 5.97 Å². The molecule has 1 fully saturated rings. The van der Waals surface area contributed by atoms with Crippen molar-refractivity contribution in [3.8, 4) is 0 Å². The Labute approximate surface area is 100.0 Å². The van der Waals surface area contributed by atoms with Crippen LogP contribution in [0.3, 0.4) is 0 Å². The lowest BCUT2D eigenvalue weighted by atomic mass is 10.1. The fraction of sp³-hybridized carbons (Fsp3) is 0.385. The summed E-state index contributed by atoms with van der Waals surface area (Å²) < 4.78 is 4.78. The minimum atomic E-state index is -0.465. The number of carbonyl (C=O) groups excluding carboxylic acids is 2. The summed E-state index contributed by atoms with van der Waals surface area (Å²) >= 11 is 0. The lowest BCUT2D eigenvalue weighted by Crippen LogP contribution is -2.38. The lowest BCUT2D eigenvalue weighted by Gasteiger charge is -2.09. The third-order valence-corrected chi connectivity index (χ3v) is 2.72. The largest absolute Gasteiger partial charge is 0.464 e. The number of cyclic esters (lactones) is 1. The van der Waals surface area contributed by atoms with Crippen molar-refractivity contribution in [1.82, 2.24) is 5.32 Å². The van der Waals surface area contributed by atoms with E-state index in [1.54, 1.807) is 0 Å². The number of aryl methyl sites for hydroxylation is 1. The molecule has 90 valence electrons. The first-order chi connectivity index (χ1) is 8.15. The summed E-state index contributed by atoms with van der Waals surface area (Å²) in [5, 5.41) is 2.68. The number of rotatable bonds is 3. The van der Waals surface area contributed by atoms with Crippen LogP contribution in [0, 0.1) is 6.92 Å². The maximum absolute atomic E-state index is 11.7. The van der Waals surface area contributed by atoms with Crippen LogP contribution in [0.25, 0.3) is 0 Å². The van der Waals surface area contributed by atoms with E-state index in [-0.39, 0.29) is 11.9 Å². The molecule has 1 heterocycles. The normalized spacial score (nSPS) is 18.9. The van der Waals surface area contributed by atoms with Gasteiger partial charge in [0.25, 0.3) is 0 Å². The van der Waals surface area contributed by atoms with Gasteiger partial charge in [0.15, 0.2) is 0 Å². The fourth-order valence-corrected chi connectivity index (χ4v) is 1.88. The fourth-order valence-electron chi connectivity index (χ4n) is 1.88. The first-order valence-electron chi connectivity index (χ1n) is 5.67. The number of carbonyl (C=O) groups is 2. The molecule has 1 aromatic carbocycles. The SMILES string of the molecule is Cc1cccc(CC(=O)N[C@H]2CCOC2=O)c1. The molecule has 0 aromatic heterocycles. The zero-order valence-corrected chi connectivity index (χ0v) is 9.73. The third-order valence-electron chi connectivity index (χ3n) is 2.72. The number of ether oxygens (including phenoxy) is 1. The van der Waals surface area contributed by atoms with E-state index in [1.165, 1.54) is 0 Å². The Morgan fingerprint density at radius 3 is 3.00 bits per heavy atom. The van der Waals surface area contributed by atoms with Crippen molar-refractivity contribution in [3.05, 3.63) is 35.4 Å². The van der Waals surface area contributed by atoms with E-state index in [4.69, 9.17) is 4.74 Å². The second kappa shape index (κ2) is 4.99. The molecule has 0 bridgehead atoms. The van der Waals surface area contributed by atoms with Crippen LogP contribution in [0.5, 0.6) is 0 Å². The molecule has 4 heteroatoms. The first-order valence-corrected chi connectivity index (χ1v) is 5.67. The number of hydrogen-bond acceptors (Lipinski definition) is 3. The van der Waals surface area contributed by atoms with Crippen LogP contribution >= 0.6 is 0 Å². The minimum absolute atomic E-state index is 0.139. The van der Waals surface area contributed by atoms with Crippen molar-refractivity contribution in [2.75, 3.05) is 6.61 Å². The van der Waals surface area contributed by atoms with Crippen molar-refractivity contribution in [2.45, 2.75) is 25.8 Å². The number of amides is 1. The molecule has 0 saturated carbocycles. The molecule has 1 amide bonds. The molecule has 4 nitrogen and oxygen atoms in total. The van der Waals surface area contributed by atoms with Crippen molar-refractivity contribution < 1.29 is 14.3 Å². The quantitative estimate of drug-likeness (QED) is 0.791. The predicted molar refractivity (Wildman–Crippen MR) is 62.4 cm³/mol. The number of esters is 1. The van der Waals surface area contributed by atoms with E-state index in [1.807, 2.05) is 31.2 Å². The maximum atomic E-state index is 11.7. The average Bonchev–Trinajstić information content (AvgIpc) is 2.64. The first kappa shape index (κ1) is 11.6. The van der Waals surface area contributed by atoms with E-state index in [9.17, 15) is 9.59 Å². The molecule has 1 aromatic rings. The molecule has 0 spiro atoms. The van der Waals surface area contributed by atoms with Gasteiger partial charge in [0.2, 0.25) is 5.91 Å². The zero-order valence-electron chi connectivity index (χ0n) is 9.73. The molecule has 17 heavy (non-hydrogen) atoms. The van der Waals surface area contributed by atoms with E-state index in [0.717, 1.165) is 11.1 Å². The topological polar surface area (TPSA) is 55.4 Å². The Kier molecular flexibility index (Phi) is 3.42. The summed E-state index contributed by atoms with van der Waals surface area (Å²) in [6, 6.07) is 7.30. The summed E-state index contributed by atoms with van der Waals surface area (Å²) in [6.07, 6.45) is 0.865. The summed E-state index contributed by atoms with van der Waals surface area (Å²) in [5.74, 6) is -0.470. The Morgan fingerprint density at radius 2 is 2.35 bits per heavy atom. The van der Waals surface area contributed by atoms with Gasteiger partial charge in [-0.25, -0.2) is 4.79 Å². The number of hydrogen-bond donors (Lipinski definition) is 1. The van der Waals surface area contributed by atoms with Crippen molar-refractivity contribution in [3.63, 3.8) is 0 Å². The highest BCUT2D eigenvalue weighted by atomic mass is 16.5. The number of benzene rings is 1. The molecule has 0 unspecified atom stereocenters. The molecular weight excluding hydrogens is 218 g/mol. The molecule has 1 atom stereocenters. The highest BCUT2D eigenvalue weighted by Crippen LogP contribution is 2.08. The van der Waals surface area contributed by atoms with Crippen molar-refractivity contribution in [2.24, 2.45) is 0 Å². The molecule has 2 rings (SSSR count). The third kappa shape index (κ3) is 3.06. The molecule has 1 N–H and O–H groups in total. The van der Waals surface area contributed by atoms with Gasteiger partial charge < -0.3 is 10.1 Å². The molecule has 1 aliphatic heterocycles. The van der Waals surface area contributed by atoms with Gasteiger partial charge in [-0.2, -0.15) is 0 Å². The molecular formula is C13H15NO3. The van der Waals surface area contributed by atoms with Gasteiger partial charge in [-0.15, -0.1) is 0 Å². The van der Waals surface area contributed by atoms with Crippen LogP contribution in [0.1, 0.15) is 17.5 Å². The Bertz CT molecular complexity index is 442. The predicted octanol–water partition coefficient (Wildman–Crippen LogP) is 0.969. The van der Waals surface area contributed by atoms with E-state index >= 15 is 0 Å². The van der Waals surface area contributed by atoms with Gasteiger partial charge in [-0.3, -0.25) is 4.79 Å². The van der Waals surface area contributed by atoms with Gasteiger partial charge in [0.1, 0.15) is 6.04 Å². The van der Waals surface area contributed by atoms with Crippen LogP contribution < -0.4 is 5.32 Å². The molecule has 1 saturated heterocycles. The van der Waals surface area contributed by atoms with Gasteiger partial charge in [0, 0.05) is 6.42 Å². The van der Waals surface area contributed by atoms with Crippen LogP contribution in [0.4, 0.5) is 0 Å². The Balaban J connectivity index is 1.91. The van der Waals surface area contributed by atoms with Crippen molar-refractivity contribution >= 4 is 11.9 Å². The molecule has 0 radical (unpaired) electrons. The highest BCUT2D eigenvalue weighted by Gasteiger charge is 2.27. The maximum Gasteiger partial charge on any atom is 0.328 e. The molecule has 1 aliphatic rings. The van der Waals surface area contributed by atoms with Gasteiger partial charge in [-0.05, 0) is 12.5 Å². The second-order valence-electron chi connectivity index (χ2n) is 4.24.